The molecule has 0 unspecified atom stereocenters. The van der Waals surface area contributed by atoms with E-state index < -0.39 is 0 Å². The van der Waals surface area contributed by atoms with Crippen LogP contribution >= 0.6 is 0 Å². The highest BCUT2D eigenvalue weighted by Gasteiger charge is 2.15. The van der Waals surface area contributed by atoms with E-state index in [1.54, 1.807) is 40.6 Å². The van der Waals surface area contributed by atoms with Gasteiger partial charge in [-0.2, -0.15) is 0 Å². The predicted molar refractivity (Wildman–Crippen MR) is 149 cm³/mol. The molecule has 0 spiro atoms. The average molecular weight is 515 g/mol. The van der Waals surface area contributed by atoms with E-state index in [2.05, 4.69) is 18.2 Å². The highest BCUT2D eigenvalue weighted by Crippen LogP contribution is 2.39. The van der Waals surface area contributed by atoms with Gasteiger partial charge in [-0.05, 0) is 90.4 Å². The van der Waals surface area contributed by atoms with Crippen LogP contribution in [-0.4, -0.2) is 33.5 Å². The Kier molecular flexibility index (Phi) is 8.98. The molecule has 0 aliphatic rings. The third-order valence-electron chi connectivity index (χ3n) is 6.42. The molecule has 4 aromatic carbocycles. The van der Waals surface area contributed by atoms with Gasteiger partial charge in [-0.1, -0.05) is 24.3 Å². The molecule has 38 heavy (non-hydrogen) atoms. The summed E-state index contributed by atoms with van der Waals surface area (Å²) in [5.41, 5.74) is 4.32. The quantitative estimate of drug-likeness (QED) is 0.225. The number of hydrogen-bond donors (Lipinski definition) is 1. The van der Waals surface area contributed by atoms with Crippen LogP contribution in [0.4, 0.5) is 0 Å². The molecule has 198 valence electrons. The molecule has 0 aliphatic heterocycles. The van der Waals surface area contributed by atoms with Crippen molar-refractivity contribution < 1.29 is 28.8 Å². The molecule has 0 aliphatic carbocycles. The number of hydrogen-bond acceptors (Lipinski definition) is 6. The zero-order chi connectivity index (χ0) is 26.9. The summed E-state index contributed by atoms with van der Waals surface area (Å²) in [5, 5.41) is 10.4. The molecule has 6 nitrogen and oxygen atoms in total. The Hall–Kier alpha value is -4.32. The molecule has 0 atom stereocenters. The van der Waals surface area contributed by atoms with Crippen molar-refractivity contribution in [2.24, 2.45) is 0 Å². The van der Waals surface area contributed by atoms with Crippen LogP contribution in [0.25, 0.3) is 0 Å². The molecular weight excluding hydrogens is 480 g/mol. The molecule has 0 aromatic heterocycles. The molecule has 0 radical (unpaired) electrons. The van der Waals surface area contributed by atoms with Gasteiger partial charge in [0.1, 0.15) is 28.7 Å². The number of methoxy groups -OCH3 is 4. The number of aryl methyl sites for hydroxylation is 4. The monoisotopic (exact) mass is 514 g/mol. The minimum atomic E-state index is 0.148. The minimum absolute atomic E-state index is 0.148. The zero-order valence-corrected chi connectivity index (χ0v) is 22.3. The second-order valence-electron chi connectivity index (χ2n) is 8.95. The van der Waals surface area contributed by atoms with Crippen LogP contribution in [0.15, 0.2) is 78.9 Å². The van der Waals surface area contributed by atoms with Crippen molar-refractivity contribution >= 4 is 0 Å². The number of aromatic hydroxyl groups is 1. The van der Waals surface area contributed by atoms with Crippen molar-refractivity contribution in [2.75, 3.05) is 28.4 Å². The predicted octanol–water partition coefficient (Wildman–Crippen LogP) is 6.79. The first-order valence-electron chi connectivity index (χ1n) is 12.5. The van der Waals surface area contributed by atoms with Gasteiger partial charge < -0.3 is 28.8 Å². The maximum absolute atomic E-state index is 10.4. The third kappa shape index (κ3) is 6.91. The number of benzene rings is 4. The zero-order valence-electron chi connectivity index (χ0n) is 22.3. The lowest BCUT2D eigenvalue weighted by Crippen LogP contribution is -1.99. The second-order valence-corrected chi connectivity index (χ2v) is 8.95. The van der Waals surface area contributed by atoms with Gasteiger partial charge in [0, 0.05) is 12.1 Å². The lowest BCUT2D eigenvalue weighted by molar-refractivity contribution is 0.365. The third-order valence-corrected chi connectivity index (χ3v) is 6.42. The fourth-order valence-corrected chi connectivity index (χ4v) is 4.37. The Morgan fingerprint density at radius 1 is 0.500 bits per heavy atom. The number of rotatable bonds is 12. The van der Waals surface area contributed by atoms with Crippen LogP contribution in [0.1, 0.15) is 22.3 Å². The van der Waals surface area contributed by atoms with Crippen LogP contribution in [0, 0.1) is 0 Å². The molecule has 0 saturated carbocycles. The lowest BCUT2D eigenvalue weighted by atomic mass is 10.0. The molecule has 0 amide bonds. The van der Waals surface area contributed by atoms with Gasteiger partial charge in [0.2, 0.25) is 0 Å². The maximum atomic E-state index is 10.4. The molecule has 0 heterocycles. The van der Waals surface area contributed by atoms with Crippen molar-refractivity contribution in [2.45, 2.75) is 25.7 Å². The van der Waals surface area contributed by atoms with Crippen molar-refractivity contribution in [1.29, 1.82) is 0 Å². The molecule has 1 N–H and O–H groups in total. The largest absolute Gasteiger partial charge is 0.508 e. The summed E-state index contributed by atoms with van der Waals surface area (Å²) >= 11 is 0. The summed E-state index contributed by atoms with van der Waals surface area (Å²) < 4.78 is 28.1. The van der Waals surface area contributed by atoms with Gasteiger partial charge in [-0.15, -0.1) is 0 Å². The fraction of sp³-hybridized carbons (Fsp3) is 0.250. The van der Waals surface area contributed by atoms with Gasteiger partial charge >= 0.3 is 0 Å². The van der Waals surface area contributed by atoms with Crippen LogP contribution in [0.3, 0.4) is 0 Å². The SMILES string of the molecule is COc1ccc(CCc2cc(Oc3cc(O)cc(CCc4cccc(OC)c4)c3)c(OC)cc2OC)cc1. The van der Waals surface area contributed by atoms with Crippen LogP contribution in [0.5, 0.6) is 40.2 Å². The topological polar surface area (TPSA) is 66.4 Å². The van der Waals surface area contributed by atoms with Gasteiger partial charge in [0.05, 0.1) is 28.4 Å². The first kappa shape index (κ1) is 26.7. The Morgan fingerprint density at radius 3 is 1.89 bits per heavy atom. The second kappa shape index (κ2) is 12.8. The summed E-state index contributed by atoms with van der Waals surface area (Å²) in [7, 11) is 6.57. The van der Waals surface area contributed by atoms with Crippen LogP contribution in [-0.2, 0) is 25.7 Å². The van der Waals surface area contributed by atoms with Crippen molar-refractivity contribution in [1.82, 2.24) is 0 Å². The van der Waals surface area contributed by atoms with E-state index in [0.29, 0.717) is 17.2 Å². The minimum Gasteiger partial charge on any atom is -0.508 e. The molecule has 0 saturated heterocycles. The van der Waals surface area contributed by atoms with Crippen LogP contribution in [0.2, 0.25) is 0 Å². The normalized spacial score (nSPS) is 10.6. The molecule has 0 fully saturated rings. The Morgan fingerprint density at radius 2 is 1.18 bits per heavy atom. The summed E-state index contributed by atoms with van der Waals surface area (Å²) in [5.74, 6) is 4.19. The summed E-state index contributed by atoms with van der Waals surface area (Å²) in [4.78, 5) is 0. The molecule has 4 aromatic rings. The summed E-state index contributed by atoms with van der Waals surface area (Å²) in [6.07, 6.45) is 3.13. The lowest BCUT2D eigenvalue weighted by Gasteiger charge is -2.16. The van der Waals surface area contributed by atoms with Crippen molar-refractivity contribution in [3.8, 4) is 40.2 Å². The van der Waals surface area contributed by atoms with Gasteiger partial charge in [0.25, 0.3) is 0 Å². The standard InChI is InChI=1S/C32H34O6/c1-34-27-14-11-22(12-15-27)10-13-25-19-32(31(37-4)21-30(25)36-3)38-29-18-24(16-26(33)20-29)9-8-23-6-5-7-28(17-23)35-2/h5-7,11-12,14-21,33H,8-10,13H2,1-4H3. The van der Waals surface area contributed by atoms with Gasteiger partial charge in [-0.3, -0.25) is 0 Å². The van der Waals surface area contributed by atoms with Gasteiger partial charge in [0.15, 0.2) is 11.5 Å². The first-order chi connectivity index (χ1) is 18.5. The summed E-state index contributed by atoms with van der Waals surface area (Å²) in [6, 6.07) is 25.1. The van der Waals surface area contributed by atoms with E-state index in [4.69, 9.17) is 23.7 Å². The molecule has 6 heteroatoms. The Balaban J connectivity index is 1.52. The van der Waals surface area contributed by atoms with Crippen molar-refractivity contribution in [3.05, 3.63) is 101 Å². The van der Waals surface area contributed by atoms with E-state index in [9.17, 15) is 5.11 Å². The highest BCUT2D eigenvalue weighted by molar-refractivity contribution is 5.53. The van der Waals surface area contributed by atoms with E-state index in [0.717, 1.165) is 59.6 Å². The van der Waals surface area contributed by atoms with E-state index >= 15 is 0 Å². The smallest absolute Gasteiger partial charge is 0.169 e. The number of phenols is 1. The Bertz CT molecular complexity index is 1350. The molecular formula is C32H34O6. The first-order valence-corrected chi connectivity index (χ1v) is 12.5. The van der Waals surface area contributed by atoms with Crippen LogP contribution < -0.4 is 23.7 Å². The highest BCUT2D eigenvalue weighted by atomic mass is 16.5. The maximum Gasteiger partial charge on any atom is 0.169 e. The molecule has 4 rings (SSSR count). The number of phenolic OH excluding ortho intramolecular Hbond substituents is 1. The van der Waals surface area contributed by atoms with E-state index in [-0.39, 0.29) is 5.75 Å². The number of ether oxygens (including phenoxy) is 5. The summed E-state index contributed by atoms with van der Waals surface area (Å²) in [6.45, 7) is 0. The van der Waals surface area contributed by atoms with Gasteiger partial charge in [-0.25, -0.2) is 0 Å². The van der Waals surface area contributed by atoms with Crippen molar-refractivity contribution in [3.63, 3.8) is 0 Å². The molecule has 0 bridgehead atoms. The average Bonchev–Trinajstić information content (AvgIpc) is 2.95. The Labute approximate surface area is 224 Å². The van der Waals surface area contributed by atoms with E-state index in [1.807, 2.05) is 48.5 Å². The fourth-order valence-electron chi connectivity index (χ4n) is 4.37. The van der Waals surface area contributed by atoms with E-state index in [1.165, 1.54) is 5.56 Å².